The minimum atomic E-state index is -0.399. The standard InChI is InChI=1S/C17H15NO2/c19-18(20)17-13-11-16(12-14-17)8-4-2-1-3-7-15-9-5-6-10-15/h1-15H/b2-1+,7-3+,8-4+. The highest BCUT2D eigenvalue weighted by Gasteiger charge is 2.01. The van der Waals surface area contributed by atoms with Crippen LogP contribution in [0, 0.1) is 16.0 Å². The third kappa shape index (κ3) is 4.21. The van der Waals surface area contributed by atoms with Gasteiger partial charge >= 0.3 is 0 Å². The highest BCUT2D eigenvalue weighted by Crippen LogP contribution is 2.13. The fourth-order valence-electron chi connectivity index (χ4n) is 1.77. The topological polar surface area (TPSA) is 43.1 Å². The molecule has 0 bridgehead atoms. The molecule has 1 aromatic rings. The Labute approximate surface area is 118 Å². The summed E-state index contributed by atoms with van der Waals surface area (Å²) in [4.78, 5) is 10.1. The van der Waals surface area contributed by atoms with E-state index >= 15 is 0 Å². The predicted octanol–water partition coefficient (Wildman–Crippen LogP) is 4.46. The number of allylic oxidation sites excluding steroid dienone is 9. The van der Waals surface area contributed by atoms with Gasteiger partial charge in [0.1, 0.15) is 0 Å². The second-order valence-electron chi connectivity index (χ2n) is 4.32. The van der Waals surface area contributed by atoms with Crippen LogP contribution >= 0.6 is 0 Å². The van der Waals surface area contributed by atoms with Gasteiger partial charge < -0.3 is 0 Å². The van der Waals surface area contributed by atoms with Gasteiger partial charge in [-0.15, -0.1) is 0 Å². The summed E-state index contributed by atoms with van der Waals surface area (Å²) in [6.07, 6.45) is 20.1. The number of non-ortho nitro benzene ring substituents is 1. The first-order valence-electron chi connectivity index (χ1n) is 6.37. The molecule has 2 rings (SSSR count). The molecule has 0 aromatic heterocycles. The van der Waals surface area contributed by atoms with Crippen LogP contribution in [0.25, 0.3) is 6.08 Å². The van der Waals surface area contributed by atoms with Crippen molar-refractivity contribution in [1.29, 1.82) is 0 Å². The van der Waals surface area contributed by atoms with Gasteiger partial charge in [-0.3, -0.25) is 10.1 Å². The smallest absolute Gasteiger partial charge is 0.258 e. The van der Waals surface area contributed by atoms with Crippen molar-refractivity contribution in [2.45, 2.75) is 0 Å². The molecule has 100 valence electrons. The lowest BCUT2D eigenvalue weighted by Crippen LogP contribution is -1.86. The molecular formula is C17H15NO2. The molecule has 0 fully saturated rings. The Balaban J connectivity index is 1.84. The number of hydrogen-bond acceptors (Lipinski definition) is 2. The molecule has 0 unspecified atom stereocenters. The third-order valence-corrected chi connectivity index (χ3v) is 2.84. The molecular weight excluding hydrogens is 250 g/mol. The summed E-state index contributed by atoms with van der Waals surface area (Å²) in [6.45, 7) is 0. The second kappa shape index (κ2) is 7.04. The van der Waals surface area contributed by atoms with Crippen molar-refractivity contribution >= 4 is 11.8 Å². The van der Waals surface area contributed by atoms with Gasteiger partial charge in [0.05, 0.1) is 4.92 Å². The molecule has 0 heterocycles. The number of nitrogens with zero attached hydrogens (tertiary/aromatic N) is 1. The van der Waals surface area contributed by atoms with Crippen molar-refractivity contribution < 1.29 is 4.92 Å². The van der Waals surface area contributed by atoms with Crippen LogP contribution in [-0.2, 0) is 0 Å². The fourth-order valence-corrected chi connectivity index (χ4v) is 1.77. The van der Waals surface area contributed by atoms with Gasteiger partial charge in [-0.1, -0.05) is 60.8 Å². The van der Waals surface area contributed by atoms with Gasteiger partial charge in [-0.05, 0) is 17.7 Å². The average Bonchev–Trinajstić information content (AvgIpc) is 2.96. The molecule has 3 nitrogen and oxygen atoms in total. The van der Waals surface area contributed by atoms with E-state index in [1.54, 1.807) is 12.1 Å². The highest BCUT2D eigenvalue weighted by atomic mass is 16.6. The van der Waals surface area contributed by atoms with Crippen LogP contribution in [0.15, 0.2) is 78.9 Å². The molecule has 0 atom stereocenters. The largest absolute Gasteiger partial charge is 0.269 e. The lowest BCUT2D eigenvalue weighted by Gasteiger charge is -1.92. The van der Waals surface area contributed by atoms with Crippen LogP contribution < -0.4 is 0 Å². The minimum Gasteiger partial charge on any atom is -0.258 e. The SMILES string of the molecule is O=[N+]([O-])c1ccc(/C=C/C=C/C=C/C2C=CC=C2)cc1. The molecule has 0 N–H and O–H groups in total. The minimum absolute atomic E-state index is 0.110. The molecule has 0 saturated carbocycles. The van der Waals surface area contributed by atoms with E-state index in [4.69, 9.17) is 0 Å². The quantitative estimate of drug-likeness (QED) is 0.448. The Morgan fingerprint density at radius 1 is 0.950 bits per heavy atom. The van der Waals surface area contributed by atoms with Crippen LogP contribution in [0.5, 0.6) is 0 Å². The summed E-state index contributed by atoms with van der Waals surface area (Å²) in [5, 5.41) is 10.5. The van der Waals surface area contributed by atoms with E-state index in [1.165, 1.54) is 12.1 Å². The van der Waals surface area contributed by atoms with Crippen molar-refractivity contribution in [3.05, 3.63) is 94.6 Å². The van der Waals surface area contributed by atoms with Crippen LogP contribution in [0.1, 0.15) is 5.56 Å². The molecule has 0 amide bonds. The number of hydrogen-bond donors (Lipinski definition) is 0. The van der Waals surface area contributed by atoms with Gasteiger partial charge in [0.2, 0.25) is 0 Å². The van der Waals surface area contributed by atoms with Crippen LogP contribution in [0.4, 0.5) is 5.69 Å². The summed E-state index contributed by atoms with van der Waals surface area (Å²) in [5.41, 5.74) is 1.05. The molecule has 1 aromatic carbocycles. The molecule has 1 aliphatic rings. The maximum absolute atomic E-state index is 10.5. The van der Waals surface area contributed by atoms with Crippen LogP contribution in [0.2, 0.25) is 0 Å². The van der Waals surface area contributed by atoms with E-state index in [1.807, 2.05) is 42.5 Å². The molecule has 1 aliphatic carbocycles. The van der Waals surface area contributed by atoms with Crippen molar-refractivity contribution in [2.75, 3.05) is 0 Å². The molecule has 20 heavy (non-hydrogen) atoms. The first-order valence-corrected chi connectivity index (χ1v) is 6.37. The summed E-state index contributed by atoms with van der Waals surface area (Å²) in [6, 6.07) is 6.46. The second-order valence-corrected chi connectivity index (χ2v) is 4.32. The van der Waals surface area contributed by atoms with Gasteiger partial charge in [-0.2, -0.15) is 0 Å². The van der Waals surface area contributed by atoms with Crippen molar-refractivity contribution in [3.8, 4) is 0 Å². The third-order valence-electron chi connectivity index (χ3n) is 2.84. The molecule has 3 heteroatoms. The van der Waals surface area contributed by atoms with Crippen LogP contribution in [0.3, 0.4) is 0 Å². The first kappa shape index (κ1) is 13.7. The fraction of sp³-hybridized carbons (Fsp3) is 0.0588. The number of benzene rings is 1. The van der Waals surface area contributed by atoms with Gasteiger partial charge in [0.15, 0.2) is 0 Å². The van der Waals surface area contributed by atoms with E-state index < -0.39 is 4.92 Å². The van der Waals surface area contributed by atoms with Crippen molar-refractivity contribution in [3.63, 3.8) is 0 Å². The first-order chi connectivity index (χ1) is 9.75. The maximum atomic E-state index is 10.5. The Kier molecular flexibility index (Phi) is 4.84. The van der Waals surface area contributed by atoms with Crippen molar-refractivity contribution in [1.82, 2.24) is 0 Å². The Hall–Kier alpha value is -2.68. The van der Waals surface area contributed by atoms with E-state index in [-0.39, 0.29) is 5.69 Å². The zero-order valence-electron chi connectivity index (χ0n) is 10.9. The maximum Gasteiger partial charge on any atom is 0.269 e. The number of nitro groups is 1. The average molecular weight is 265 g/mol. The lowest BCUT2D eigenvalue weighted by molar-refractivity contribution is -0.384. The van der Waals surface area contributed by atoms with E-state index in [0.717, 1.165) is 5.56 Å². The number of rotatable bonds is 5. The van der Waals surface area contributed by atoms with Gasteiger partial charge in [0.25, 0.3) is 5.69 Å². The van der Waals surface area contributed by atoms with Gasteiger partial charge in [-0.25, -0.2) is 0 Å². The predicted molar refractivity (Wildman–Crippen MR) is 82.2 cm³/mol. The zero-order chi connectivity index (χ0) is 14.2. The summed E-state index contributed by atoms with van der Waals surface area (Å²) < 4.78 is 0. The molecule has 0 saturated heterocycles. The van der Waals surface area contributed by atoms with Gasteiger partial charge in [0, 0.05) is 18.1 Å². The van der Waals surface area contributed by atoms with Crippen molar-refractivity contribution in [2.24, 2.45) is 5.92 Å². The molecule has 0 radical (unpaired) electrons. The Morgan fingerprint density at radius 2 is 1.60 bits per heavy atom. The summed E-state index contributed by atoms with van der Waals surface area (Å²) in [7, 11) is 0. The molecule has 0 spiro atoms. The van der Waals surface area contributed by atoms with E-state index in [2.05, 4.69) is 18.2 Å². The normalized spacial score (nSPS) is 15.2. The Morgan fingerprint density at radius 3 is 2.25 bits per heavy atom. The number of nitro benzene ring substituents is 1. The summed E-state index contributed by atoms with van der Waals surface area (Å²) in [5.74, 6) is 0.401. The lowest BCUT2D eigenvalue weighted by atomic mass is 10.1. The Bertz CT molecular complexity index is 592. The van der Waals surface area contributed by atoms with E-state index in [9.17, 15) is 10.1 Å². The van der Waals surface area contributed by atoms with E-state index in [0.29, 0.717) is 5.92 Å². The zero-order valence-corrected chi connectivity index (χ0v) is 10.9. The summed E-state index contributed by atoms with van der Waals surface area (Å²) >= 11 is 0. The van der Waals surface area contributed by atoms with Crippen LogP contribution in [-0.4, -0.2) is 4.92 Å². The monoisotopic (exact) mass is 265 g/mol. The molecule has 0 aliphatic heterocycles. The highest BCUT2D eigenvalue weighted by molar-refractivity contribution is 5.53.